The normalized spacial score (nSPS) is 15.0. The molecule has 0 unspecified atom stereocenters. The first-order valence-electron chi connectivity index (χ1n) is 7.10. The van der Waals surface area contributed by atoms with Crippen molar-refractivity contribution in [3.8, 4) is 5.75 Å². The zero-order chi connectivity index (χ0) is 15.6. The maximum atomic E-state index is 12.1. The van der Waals surface area contributed by atoms with E-state index in [1.54, 1.807) is 42.7 Å². The molecule has 0 amide bonds. The molecule has 1 aliphatic rings. The third-order valence-electron chi connectivity index (χ3n) is 3.46. The second-order valence-corrected chi connectivity index (χ2v) is 8.08. The second-order valence-electron chi connectivity index (χ2n) is 5.38. The molecule has 1 aromatic carbocycles. The van der Waals surface area contributed by atoms with Crippen LogP contribution in [0.4, 0.5) is 0 Å². The summed E-state index contributed by atoms with van der Waals surface area (Å²) in [5.41, 5.74) is 1.49. The van der Waals surface area contributed by atoms with E-state index in [0.717, 1.165) is 10.7 Å². The minimum atomic E-state index is -3.39. The van der Waals surface area contributed by atoms with Gasteiger partial charge in [0.05, 0.1) is 30.1 Å². The summed E-state index contributed by atoms with van der Waals surface area (Å²) in [6.07, 6.45) is 2.41. The van der Waals surface area contributed by atoms with E-state index >= 15 is 0 Å². The molecule has 0 bridgehead atoms. The Morgan fingerprint density at radius 2 is 2.23 bits per heavy atom. The summed E-state index contributed by atoms with van der Waals surface area (Å²) >= 11 is 1.62. The number of rotatable bonds is 7. The number of nitrogens with zero attached hydrogens (tertiary/aromatic N) is 1. The minimum Gasteiger partial charge on any atom is -0.497 e. The van der Waals surface area contributed by atoms with Crippen LogP contribution in [0, 0.1) is 0 Å². The highest BCUT2D eigenvalue weighted by Gasteiger charge is 2.26. The molecule has 1 N–H and O–H groups in total. The minimum absolute atomic E-state index is 0.0657. The fraction of sp³-hybridized carbons (Fsp3) is 0.400. The fourth-order valence-corrected chi connectivity index (χ4v) is 4.22. The third kappa shape index (κ3) is 4.06. The molecule has 1 aliphatic carbocycles. The highest BCUT2D eigenvalue weighted by Crippen LogP contribution is 2.41. The molecule has 1 fully saturated rings. The molecular weight excluding hydrogens is 320 g/mol. The molecule has 0 atom stereocenters. The monoisotopic (exact) mass is 338 g/mol. The van der Waals surface area contributed by atoms with Crippen LogP contribution in [-0.4, -0.2) is 20.5 Å². The number of methoxy groups -OCH3 is 1. The van der Waals surface area contributed by atoms with Gasteiger partial charge in [0.15, 0.2) is 0 Å². The predicted octanol–water partition coefficient (Wildman–Crippen LogP) is 2.65. The van der Waals surface area contributed by atoms with Crippen LogP contribution < -0.4 is 9.46 Å². The molecule has 22 heavy (non-hydrogen) atoms. The van der Waals surface area contributed by atoms with Gasteiger partial charge in [-0.3, -0.25) is 0 Å². The number of thiazole rings is 1. The number of hydrogen-bond donors (Lipinski definition) is 1. The zero-order valence-corrected chi connectivity index (χ0v) is 13.9. The Bertz CT molecular complexity index is 752. The van der Waals surface area contributed by atoms with E-state index in [1.165, 1.54) is 12.8 Å². The van der Waals surface area contributed by atoms with Crippen LogP contribution in [0.3, 0.4) is 0 Å². The molecule has 1 aromatic heterocycles. The van der Waals surface area contributed by atoms with E-state index in [9.17, 15) is 8.42 Å². The molecule has 1 heterocycles. The van der Waals surface area contributed by atoms with Gasteiger partial charge in [-0.25, -0.2) is 18.1 Å². The molecule has 0 saturated heterocycles. The summed E-state index contributed by atoms with van der Waals surface area (Å²) in [4.78, 5) is 4.48. The molecule has 0 radical (unpaired) electrons. The number of benzene rings is 1. The molecule has 0 aliphatic heterocycles. The van der Waals surface area contributed by atoms with E-state index in [4.69, 9.17) is 4.74 Å². The van der Waals surface area contributed by atoms with Crippen LogP contribution >= 0.6 is 11.3 Å². The Labute approximate surface area is 134 Å². The maximum absolute atomic E-state index is 12.1. The lowest BCUT2D eigenvalue weighted by Gasteiger charge is -2.07. The van der Waals surface area contributed by atoms with Gasteiger partial charge in [0.1, 0.15) is 5.75 Å². The fourth-order valence-electron chi connectivity index (χ4n) is 2.14. The van der Waals surface area contributed by atoms with Gasteiger partial charge in [-0.1, -0.05) is 12.1 Å². The van der Waals surface area contributed by atoms with Gasteiger partial charge in [0.25, 0.3) is 0 Å². The summed E-state index contributed by atoms with van der Waals surface area (Å²) in [5.74, 6) is 1.19. The highest BCUT2D eigenvalue weighted by atomic mass is 32.2. The third-order valence-corrected chi connectivity index (χ3v) is 5.81. The van der Waals surface area contributed by atoms with Crippen LogP contribution in [0.5, 0.6) is 5.75 Å². The standard InChI is InChI=1S/C15H18N2O3S2/c1-20-14-4-2-3-11(7-14)10-22(18,19)16-8-13-9-21-15(17-13)12-5-6-12/h2-4,7,9,12,16H,5-6,8,10H2,1H3. The molecule has 5 nitrogen and oxygen atoms in total. The van der Waals surface area contributed by atoms with Gasteiger partial charge < -0.3 is 4.74 Å². The van der Waals surface area contributed by atoms with Gasteiger partial charge in [-0.2, -0.15) is 0 Å². The van der Waals surface area contributed by atoms with Gasteiger partial charge >= 0.3 is 0 Å². The van der Waals surface area contributed by atoms with Crippen LogP contribution in [0.2, 0.25) is 0 Å². The average Bonchev–Trinajstić information content (AvgIpc) is 3.24. The largest absolute Gasteiger partial charge is 0.497 e. The van der Waals surface area contributed by atoms with Crippen molar-refractivity contribution in [1.82, 2.24) is 9.71 Å². The lowest BCUT2D eigenvalue weighted by Crippen LogP contribution is -2.24. The molecule has 1 saturated carbocycles. The average molecular weight is 338 g/mol. The number of nitrogens with one attached hydrogen (secondary N) is 1. The molecule has 7 heteroatoms. The van der Waals surface area contributed by atoms with Crippen LogP contribution in [-0.2, 0) is 22.3 Å². The van der Waals surface area contributed by atoms with Crippen molar-refractivity contribution < 1.29 is 13.2 Å². The molecule has 118 valence electrons. The van der Waals surface area contributed by atoms with Crippen LogP contribution in [0.1, 0.15) is 35.0 Å². The Morgan fingerprint density at radius 3 is 2.95 bits per heavy atom. The van der Waals surface area contributed by atoms with Gasteiger partial charge in [-0.05, 0) is 30.5 Å². The zero-order valence-electron chi connectivity index (χ0n) is 12.3. The van der Waals surface area contributed by atoms with E-state index in [1.807, 2.05) is 5.38 Å². The number of ether oxygens (including phenoxy) is 1. The highest BCUT2D eigenvalue weighted by molar-refractivity contribution is 7.88. The number of hydrogen-bond acceptors (Lipinski definition) is 5. The van der Waals surface area contributed by atoms with Crippen molar-refractivity contribution >= 4 is 21.4 Å². The van der Waals surface area contributed by atoms with Crippen LogP contribution in [0.15, 0.2) is 29.6 Å². The number of sulfonamides is 1. The Hall–Kier alpha value is -1.44. The number of aromatic nitrogens is 1. The Balaban J connectivity index is 1.59. The SMILES string of the molecule is COc1cccc(CS(=O)(=O)NCc2csc(C3CC3)n2)c1. The van der Waals surface area contributed by atoms with Crippen molar-refractivity contribution in [3.63, 3.8) is 0 Å². The van der Waals surface area contributed by atoms with E-state index in [0.29, 0.717) is 17.2 Å². The van der Waals surface area contributed by atoms with Crippen molar-refractivity contribution in [2.75, 3.05) is 7.11 Å². The van der Waals surface area contributed by atoms with E-state index in [-0.39, 0.29) is 12.3 Å². The van der Waals surface area contributed by atoms with Crippen molar-refractivity contribution in [1.29, 1.82) is 0 Å². The summed E-state index contributed by atoms with van der Waals surface area (Å²) in [6, 6.07) is 7.08. The van der Waals surface area contributed by atoms with Crippen molar-refractivity contribution in [3.05, 3.63) is 45.9 Å². The summed E-state index contributed by atoms with van der Waals surface area (Å²) < 4.78 is 32.0. The van der Waals surface area contributed by atoms with Crippen molar-refractivity contribution in [2.24, 2.45) is 0 Å². The molecule has 0 spiro atoms. The van der Waals surface area contributed by atoms with Gasteiger partial charge in [0, 0.05) is 11.3 Å². The van der Waals surface area contributed by atoms with E-state index in [2.05, 4.69) is 9.71 Å². The smallest absolute Gasteiger partial charge is 0.216 e. The van der Waals surface area contributed by atoms with Crippen molar-refractivity contribution in [2.45, 2.75) is 31.1 Å². The Kier molecular flexibility index (Phi) is 4.46. The summed E-state index contributed by atoms with van der Waals surface area (Å²) in [7, 11) is -1.83. The molecular formula is C15H18N2O3S2. The summed E-state index contributed by atoms with van der Waals surface area (Å²) in [6.45, 7) is 0.246. The second kappa shape index (κ2) is 6.36. The molecule has 3 rings (SSSR count). The maximum Gasteiger partial charge on any atom is 0.216 e. The van der Waals surface area contributed by atoms with Gasteiger partial charge in [-0.15, -0.1) is 11.3 Å². The van der Waals surface area contributed by atoms with E-state index < -0.39 is 10.0 Å². The van der Waals surface area contributed by atoms with Gasteiger partial charge in [0.2, 0.25) is 10.0 Å². The first kappa shape index (κ1) is 15.5. The quantitative estimate of drug-likeness (QED) is 0.843. The lowest BCUT2D eigenvalue weighted by atomic mass is 10.2. The topological polar surface area (TPSA) is 68.3 Å². The predicted molar refractivity (Wildman–Crippen MR) is 86.5 cm³/mol. The Morgan fingerprint density at radius 1 is 1.41 bits per heavy atom. The first-order chi connectivity index (χ1) is 10.6. The lowest BCUT2D eigenvalue weighted by molar-refractivity contribution is 0.414. The first-order valence-corrected chi connectivity index (χ1v) is 9.63. The summed E-state index contributed by atoms with van der Waals surface area (Å²) in [5, 5.41) is 3.06. The molecule has 2 aromatic rings. The van der Waals surface area contributed by atoms with Crippen LogP contribution in [0.25, 0.3) is 0 Å².